The van der Waals surface area contributed by atoms with Crippen molar-refractivity contribution in [1.82, 2.24) is 15.2 Å². The van der Waals surface area contributed by atoms with E-state index in [1.807, 2.05) is 24.3 Å². The summed E-state index contributed by atoms with van der Waals surface area (Å²) in [6.07, 6.45) is 1.72. The molecule has 0 N–H and O–H groups in total. The van der Waals surface area contributed by atoms with E-state index in [0.29, 0.717) is 16.7 Å². The molecule has 0 fully saturated rings. The largest absolute Gasteiger partial charge is 0.440 e. The van der Waals surface area contributed by atoms with Gasteiger partial charge in [0.25, 0.3) is 0 Å². The molecule has 1 aromatic carbocycles. The lowest BCUT2D eigenvalue weighted by Gasteiger charge is -1.96. The molecular weight excluding hydrogens is 358 g/mol. The van der Waals surface area contributed by atoms with Crippen molar-refractivity contribution in [2.45, 2.75) is 21.4 Å². The summed E-state index contributed by atoms with van der Waals surface area (Å²) >= 11 is 10.9. The quantitative estimate of drug-likeness (QED) is 0.553. The molecule has 4 nitrogen and oxygen atoms in total. The number of hydrogen-bond donors (Lipinski definition) is 0. The maximum absolute atomic E-state index is 5.99. The minimum Gasteiger partial charge on any atom is -0.440 e. The molecule has 8 heteroatoms. The average molecular weight is 370 g/mol. The van der Waals surface area contributed by atoms with E-state index in [1.54, 1.807) is 41.1 Å². The third-order valence-corrected chi connectivity index (χ3v) is 5.93. The minimum atomic E-state index is 0.631. The molecule has 3 aromatic rings. The highest BCUT2D eigenvalue weighted by molar-refractivity contribution is 8.02. The molecule has 0 unspecified atom stereocenters. The SMILES string of the molecule is CCSc1nnc(SCc2ncc(-c3cccc(Cl)c3)o2)s1. The third kappa shape index (κ3) is 4.04. The Morgan fingerprint density at radius 1 is 1.23 bits per heavy atom. The predicted molar refractivity (Wildman–Crippen MR) is 92.8 cm³/mol. The molecule has 0 aliphatic rings. The van der Waals surface area contributed by atoms with Crippen LogP contribution in [-0.4, -0.2) is 20.9 Å². The Hall–Kier alpha value is -1.02. The van der Waals surface area contributed by atoms with E-state index in [4.69, 9.17) is 16.0 Å². The summed E-state index contributed by atoms with van der Waals surface area (Å²) in [6, 6.07) is 7.53. The van der Waals surface area contributed by atoms with E-state index in [-0.39, 0.29) is 0 Å². The Balaban J connectivity index is 1.64. The summed E-state index contributed by atoms with van der Waals surface area (Å²) in [5, 5.41) is 8.96. The number of aromatic nitrogens is 3. The van der Waals surface area contributed by atoms with Crippen LogP contribution in [0.5, 0.6) is 0 Å². The molecule has 0 saturated heterocycles. The van der Waals surface area contributed by atoms with Crippen LogP contribution in [0.15, 0.2) is 43.6 Å². The molecule has 0 spiro atoms. The van der Waals surface area contributed by atoms with Gasteiger partial charge in [0.15, 0.2) is 14.4 Å². The summed E-state index contributed by atoms with van der Waals surface area (Å²) in [5.74, 6) is 3.02. The van der Waals surface area contributed by atoms with Crippen molar-refractivity contribution in [1.29, 1.82) is 0 Å². The molecule has 2 aromatic heterocycles. The third-order valence-electron chi connectivity index (χ3n) is 2.64. The highest BCUT2D eigenvalue weighted by Gasteiger charge is 2.10. The van der Waals surface area contributed by atoms with Crippen LogP contribution in [0.25, 0.3) is 11.3 Å². The van der Waals surface area contributed by atoms with E-state index >= 15 is 0 Å². The highest BCUT2D eigenvalue weighted by Crippen LogP contribution is 2.31. The van der Waals surface area contributed by atoms with Crippen molar-refractivity contribution in [3.05, 3.63) is 41.4 Å². The number of oxazole rings is 1. The van der Waals surface area contributed by atoms with Crippen LogP contribution >= 0.6 is 46.5 Å². The number of halogens is 1. The van der Waals surface area contributed by atoms with Crippen molar-refractivity contribution in [3.63, 3.8) is 0 Å². The van der Waals surface area contributed by atoms with Gasteiger partial charge in [-0.1, -0.05) is 65.5 Å². The molecule has 0 bridgehead atoms. The molecule has 114 valence electrons. The van der Waals surface area contributed by atoms with E-state index in [1.165, 1.54) is 0 Å². The highest BCUT2D eigenvalue weighted by atomic mass is 35.5. The van der Waals surface area contributed by atoms with Crippen LogP contribution in [0.3, 0.4) is 0 Å². The second-order valence-electron chi connectivity index (χ2n) is 4.18. The van der Waals surface area contributed by atoms with Gasteiger partial charge < -0.3 is 4.42 Å². The van der Waals surface area contributed by atoms with Gasteiger partial charge in [0.1, 0.15) is 0 Å². The van der Waals surface area contributed by atoms with Gasteiger partial charge in [-0.2, -0.15) is 0 Å². The first kappa shape index (κ1) is 15.9. The molecule has 22 heavy (non-hydrogen) atoms. The van der Waals surface area contributed by atoms with Gasteiger partial charge >= 0.3 is 0 Å². The second kappa shape index (κ2) is 7.50. The zero-order valence-electron chi connectivity index (χ0n) is 11.7. The topological polar surface area (TPSA) is 51.8 Å². The van der Waals surface area contributed by atoms with Crippen molar-refractivity contribution in [3.8, 4) is 11.3 Å². The summed E-state index contributed by atoms with van der Waals surface area (Å²) in [6.45, 7) is 2.10. The molecule has 0 radical (unpaired) electrons. The van der Waals surface area contributed by atoms with Crippen LogP contribution < -0.4 is 0 Å². The number of thioether (sulfide) groups is 2. The number of nitrogens with zero attached hydrogens (tertiary/aromatic N) is 3. The number of rotatable bonds is 6. The van der Waals surface area contributed by atoms with Crippen molar-refractivity contribution in [2.75, 3.05) is 5.75 Å². The van der Waals surface area contributed by atoms with Gasteiger partial charge in [-0.3, -0.25) is 0 Å². The van der Waals surface area contributed by atoms with Crippen LogP contribution in [0.2, 0.25) is 5.02 Å². The molecule has 0 aliphatic heterocycles. The first-order valence-electron chi connectivity index (χ1n) is 6.54. The Kier molecular flexibility index (Phi) is 5.41. The maximum Gasteiger partial charge on any atom is 0.205 e. The average Bonchev–Trinajstić information content (AvgIpc) is 3.15. The molecule has 2 heterocycles. The van der Waals surface area contributed by atoms with Gasteiger partial charge in [-0.25, -0.2) is 4.98 Å². The predicted octanol–water partition coefficient (Wildman–Crippen LogP) is 5.25. The Morgan fingerprint density at radius 3 is 2.82 bits per heavy atom. The fourth-order valence-electron chi connectivity index (χ4n) is 1.71. The summed E-state index contributed by atoms with van der Waals surface area (Å²) in [4.78, 5) is 4.30. The van der Waals surface area contributed by atoms with Crippen LogP contribution in [0.4, 0.5) is 0 Å². The fraction of sp³-hybridized carbons (Fsp3) is 0.214. The maximum atomic E-state index is 5.99. The molecule has 3 rings (SSSR count). The summed E-state index contributed by atoms with van der Waals surface area (Å²) in [5.41, 5.74) is 0.925. The van der Waals surface area contributed by atoms with E-state index < -0.39 is 0 Å². The van der Waals surface area contributed by atoms with E-state index in [2.05, 4.69) is 22.1 Å². The standard InChI is InChI=1S/C14H12ClN3OS3/c1-2-20-13-17-18-14(22-13)21-8-12-16-7-11(19-12)9-4-3-5-10(15)6-9/h3-7H,2,8H2,1H3. The minimum absolute atomic E-state index is 0.631. The number of hydrogen-bond acceptors (Lipinski definition) is 7. The monoisotopic (exact) mass is 369 g/mol. The van der Waals surface area contributed by atoms with Crippen LogP contribution in [-0.2, 0) is 5.75 Å². The van der Waals surface area contributed by atoms with Crippen molar-refractivity contribution in [2.24, 2.45) is 0 Å². The lowest BCUT2D eigenvalue weighted by molar-refractivity contribution is 0.530. The van der Waals surface area contributed by atoms with Gasteiger partial charge in [0, 0.05) is 10.6 Å². The summed E-state index contributed by atoms with van der Waals surface area (Å²) in [7, 11) is 0. The van der Waals surface area contributed by atoms with Crippen molar-refractivity contribution < 1.29 is 4.42 Å². The molecule has 0 amide bonds. The fourth-order valence-corrected chi connectivity index (χ4v) is 4.67. The molecular formula is C14H12ClN3OS3. The normalized spacial score (nSPS) is 11.0. The first-order chi connectivity index (χ1) is 10.7. The van der Waals surface area contributed by atoms with Crippen LogP contribution in [0.1, 0.15) is 12.8 Å². The van der Waals surface area contributed by atoms with Crippen LogP contribution in [0, 0.1) is 0 Å². The van der Waals surface area contributed by atoms with Gasteiger partial charge in [0.05, 0.1) is 11.9 Å². The Bertz CT molecular complexity index is 759. The lowest BCUT2D eigenvalue weighted by atomic mass is 10.2. The zero-order valence-corrected chi connectivity index (χ0v) is 14.9. The lowest BCUT2D eigenvalue weighted by Crippen LogP contribution is -1.79. The molecule has 0 atom stereocenters. The van der Waals surface area contributed by atoms with Gasteiger partial charge in [-0.05, 0) is 17.9 Å². The first-order valence-corrected chi connectivity index (χ1v) is 9.71. The molecule has 0 saturated carbocycles. The van der Waals surface area contributed by atoms with E-state index in [9.17, 15) is 0 Å². The molecule has 0 aliphatic carbocycles. The Morgan fingerprint density at radius 2 is 2.05 bits per heavy atom. The summed E-state index contributed by atoms with van der Waals surface area (Å²) < 4.78 is 7.69. The smallest absolute Gasteiger partial charge is 0.205 e. The van der Waals surface area contributed by atoms with Gasteiger partial charge in [0.2, 0.25) is 5.89 Å². The van der Waals surface area contributed by atoms with E-state index in [0.717, 1.165) is 25.8 Å². The number of benzene rings is 1. The van der Waals surface area contributed by atoms with Gasteiger partial charge in [-0.15, -0.1) is 10.2 Å². The Labute approximate surface area is 145 Å². The second-order valence-corrected chi connectivity index (χ2v) is 8.33. The van der Waals surface area contributed by atoms with Crippen molar-refractivity contribution >= 4 is 46.5 Å². The zero-order chi connectivity index (χ0) is 15.4.